The minimum absolute atomic E-state index is 0.265. The highest BCUT2D eigenvalue weighted by atomic mass is 79.9. The average molecular weight is 355 g/mol. The van der Waals surface area contributed by atoms with Gasteiger partial charge < -0.3 is 24.1 Å². The van der Waals surface area contributed by atoms with Gasteiger partial charge in [0, 0.05) is 20.8 Å². The molecule has 0 saturated carbocycles. The van der Waals surface area contributed by atoms with Crippen LogP contribution in [0.25, 0.3) is 0 Å². The third-order valence-electron chi connectivity index (χ3n) is 2.38. The van der Waals surface area contributed by atoms with E-state index in [1.807, 2.05) is 0 Å². The SMILES string of the molecule is CC(=O)OCC1OC(O)(Br)C(OC(C)=O)C1OC(C)=O. The fraction of sp³-hybridized carbons (Fsp3) is 0.727. The van der Waals surface area contributed by atoms with E-state index in [1.165, 1.54) is 6.92 Å². The first kappa shape index (κ1) is 16.9. The lowest BCUT2D eigenvalue weighted by Crippen LogP contribution is -2.44. The molecule has 0 radical (unpaired) electrons. The van der Waals surface area contributed by atoms with Crippen molar-refractivity contribution in [2.75, 3.05) is 6.61 Å². The van der Waals surface area contributed by atoms with Gasteiger partial charge in [0.25, 0.3) is 4.70 Å². The molecule has 114 valence electrons. The standard InChI is InChI=1S/C11H15BrO8/c1-5(13)17-4-8-9(18-6(2)14)10(19-7(3)15)11(12,16)20-8/h8-10,16H,4H2,1-3H3. The summed E-state index contributed by atoms with van der Waals surface area (Å²) in [7, 11) is 0. The number of hydrogen-bond donors (Lipinski definition) is 1. The molecule has 1 heterocycles. The van der Waals surface area contributed by atoms with Crippen molar-refractivity contribution in [1.82, 2.24) is 0 Å². The summed E-state index contributed by atoms with van der Waals surface area (Å²) in [6, 6.07) is 0. The third-order valence-corrected chi connectivity index (χ3v) is 3.02. The van der Waals surface area contributed by atoms with Crippen molar-refractivity contribution in [2.45, 2.75) is 43.8 Å². The summed E-state index contributed by atoms with van der Waals surface area (Å²) in [5.74, 6) is -1.92. The Morgan fingerprint density at radius 1 is 1.15 bits per heavy atom. The molecule has 1 aliphatic heterocycles. The monoisotopic (exact) mass is 354 g/mol. The van der Waals surface area contributed by atoms with E-state index < -0.39 is 40.9 Å². The van der Waals surface area contributed by atoms with E-state index in [9.17, 15) is 19.5 Å². The lowest BCUT2D eigenvalue weighted by atomic mass is 10.1. The van der Waals surface area contributed by atoms with Crippen molar-refractivity contribution in [3.8, 4) is 0 Å². The smallest absolute Gasteiger partial charge is 0.303 e. The van der Waals surface area contributed by atoms with Gasteiger partial charge in [-0.05, 0) is 15.9 Å². The first-order valence-corrected chi connectivity index (χ1v) is 6.49. The van der Waals surface area contributed by atoms with Gasteiger partial charge in [-0.2, -0.15) is 0 Å². The summed E-state index contributed by atoms with van der Waals surface area (Å²) in [6.07, 6.45) is -3.37. The van der Waals surface area contributed by atoms with Gasteiger partial charge in [-0.1, -0.05) is 0 Å². The number of carbonyl (C=O) groups is 3. The quantitative estimate of drug-likeness (QED) is 0.422. The number of rotatable bonds is 4. The van der Waals surface area contributed by atoms with Crippen LogP contribution in [-0.2, 0) is 33.3 Å². The number of hydrogen-bond acceptors (Lipinski definition) is 8. The zero-order valence-electron chi connectivity index (χ0n) is 11.1. The van der Waals surface area contributed by atoms with Crippen LogP contribution in [0.3, 0.4) is 0 Å². The van der Waals surface area contributed by atoms with Crippen LogP contribution in [0.1, 0.15) is 20.8 Å². The number of halogens is 1. The van der Waals surface area contributed by atoms with Crippen LogP contribution in [-0.4, -0.2) is 52.6 Å². The summed E-state index contributed by atoms with van der Waals surface area (Å²) in [6.45, 7) is 3.21. The zero-order chi connectivity index (χ0) is 15.5. The Labute approximate surface area is 123 Å². The molecule has 0 aromatic rings. The van der Waals surface area contributed by atoms with Crippen LogP contribution in [0.5, 0.6) is 0 Å². The number of esters is 3. The Bertz CT molecular complexity index is 407. The Hall–Kier alpha value is -1.19. The van der Waals surface area contributed by atoms with Crippen molar-refractivity contribution in [2.24, 2.45) is 0 Å². The molecule has 4 atom stereocenters. The van der Waals surface area contributed by atoms with Crippen molar-refractivity contribution in [3.63, 3.8) is 0 Å². The highest BCUT2D eigenvalue weighted by Gasteiger charge is 2.57. The first-order valence-electron chi connectivity index (χ1n) is 5.70. The molecular formula is C11H15BrO8. The molecule has 1 aliphatic rings. The van der Waals surface area contributed by atoms with Crippen LogP contribution in [0.2, 0.25) is 0 Å². The second-order valence-electron chi connectivity index (χ2n) is 4.17. The maximum atomic E-state index is 11.1. The summed E-state index contributed by atoms with van der Waals surface area (Å²) in [4.78, 5) is 33.0. The molecule has 1 fully saturated rings. The van der Waals surface area contributed by atoms with E-state index in [-0.39, 0.29) is 6.61 Å². The molecule has 20 heavy (non-hydrogen) atoms. The fourth-order valence-corrected chi connectivity index (χ4v) is 2.31. The van der Waals surface area contributed by atoms with Crippen molar-refractivity contribution in [1.29, 1.82) is 0 Å². The van der Waals surface area contributed by atoms with Gasteiger partial charge in [-0.25, -0.2) is 0 Å². The molecular weight excluding hydrogens is 340 g/mol. The van der Waals surface area contributed by atoms with Gasteiger partial charge in [-0.3, -0.25) is 14.4 Å². The maximum Gasteiger partial charge on any atom is 0.303 e. The summed E-state index contributed by atoms with van der Waals surface area (Å²) >= 11 is 2.84. The van der Waals surface area contributed by atoms with Gasteiger partial charge in [0.2, 0.25) is 6.10 Å². The Morgan fingerprint density at radius 3 is 2.15 bits per heavy atom. The Balaban J connectivity index is 2.90. The van der Waals surface area contributed by atoms with Crippen LogP contribution in [0.15, 0.2) is 0 Å². The topological polar surface area (TPSA) is 108 Å². The largest absolute Gasteiger partial charge is 0.463 e. The highest BCUT2D eigenvalue weighted by molar-refractivity contribution is 9.10. The molecule has 0 aromatic heterocycles. The van der Waals surface area contributed by atoms with Crippen LogP contribution >= 0.6 is 15.9 Å². The number of alkyl halides is 1. The molecule has 0 amide bonds. The molecule has 1 saturated heterocycles. The number of ether oxygens (including phenoxy) is 4. The van der Waals surface area contributed by atoms with Crippen molar-refractivity contribution >= 4 is 33.8 Å². The molecule has 0 bridgehead atoms. The molecule has 1 rings (SSSR count). The van der Waals surface area contributed by atoms with Gasteiger partial charge in [-0.15, -0.1) is 0 Å². The van der Waals surface area contributed by atoms with Crippen molar-refractivity contribution in [3.05, 3.63) is 0 Å². The van der Waals surface area contributed by atoms with Gasteiger partial charge in [0.05, 0.1) is 0 Å². The second-order valence-corrected chi connectivity index (χ2v) is 5.31. The Morgan fingerprint density at radius 2 is 1.70 bits per heavy atom. The summed E-state index contributed by atoms with van der Waals surface area (Å²) in [5, 5.41) is 10.0. The molecule has 0 spiro atoms. The highest BCUT2D eigenvalue weighted by Crippen LogP contribution is 2.38. The second kappa shape index (κ2) is 6.51. The van der Waals surface area contributed by atoms with E-state index in [2.05, 4.69) is 15.9 Å². The molecule has 8 nitrogen and oxygen atoms in total. The van der Waals surface area contributed by atoms with Crippen LogP contribution in [0, 0.1) is 0 Å². The van der Waals surface area contributed by atoms with E-state index in [0.717, 1.165) is 13.8 Å². The van der Waals surface area contributed by atoms with Gasteiger partial charge in [0.1, 0.15) is 12.7 Å². The Kier molecular flexibility index (Phi) is 5.49. The predicted octanol–water partition coefficient (Wildman–Crippen LogP) is -0.147. The molecule has 0 aromatic carbocycles. The van der Waals surface area contributed by atoms with Crippen molar-refractivity contribution < 1.29 is 38.4 Å². The summed E-state index contributed by atoms with van der Waals surface area (Å²) in [5.41, 5.74) is 0. The number of carbonyl (C=O) groups excluding carboxylic acids is 3. The zero-order valence-corrected chi connectivity index (χ0v) is 12.7. The maximum absolute atomic E-state index is 11.1. The van der Waals surface area contributed by atoms with Gasteiger partial charge >= 0.3 is 17.9 Å². The average Bonchev–Trinajstić information content (AvgIpc) is 2.48. The van der Waals surface area contributed by atoms with E-state index >= 15 is 0 Å². The lowest BCUT2D eigenvalue weighted by molar-refractivity contribution is -0.184. The minimum atomic E-state index is -2.04. The summed E-state index contributed by atoms with van der Waals surface area (Å²) < 4.78 is 17.8. The lowest BCUT2D eigenvalue weighted by Gasteiger charge is -2.24. The van der Waals surface area contributed by atoms with E-state index in [1.54, 1.807) is 0 Å². The fourth-order valence-electron chi connectivity index (χ4n) is 1.72. The van der Waals surface area contributed by atoms with Crippen LogP contribution in [0.4, 0.5) is 0 Å². The van der Waals surface area contributed by atoms with E-state index in [0.29, 0.717) is 0 Å². The van der Waals surface area contributed by atoms with E-state index in [4.69, 9.17) is 18.9 Å². The third kappa shape index (κ3) is 4.43. The van der Waals surface area contributed by atoms with Crippen LogP contribution < -0.4 is 0 Å². The normalized spacial score (nSPS) is 32.5. The minimum Gasteiger partial charge on any atom is -0.463 e. The molecule has 1 N–H and O–H groups in total. The van der Waals surface area contributed by atoms with Gasteiger partial charge in [0.15, 0.2) is 6.10 Å². The number of aliphatic hydroxyl groups is 1. The molecule has 0 aliphatic carbocycles. The molecule has 4 unspecified atom stereocenters. The predicted molar refractivity (Wildman–Crippen MR) is 66.5 cm³/mol. The molecule has 9 heteroatoms. The first-order chi connectivity index (χ1) is 9.13.